The van der Waals surface area contributed by atoms with Crippen LogP contribution in [0, 0.1) is 6.92 Å². The number of aliphatic hydroxyl groups excluding tert-OH is 1. The maximum Gasteiger partial charge on any atom is 0.338 e. The van der Waals surface area contributed by atoms with Crippen molar-refractivity contribution >= 4 is 17.5 Å². The van der Waals surface area contributed by atoms with Crippen LogP contribution in [0.25, 0.3) is 5.57 Å². The number of carbonyl (C=O) groups excluding carboxylic acids is 2. The second-order valence-electron chi connectivity index (χ2n) is 9.12. The number of hydrogen-bond acceptors (Lipinski definition) is 7. The molecule has 0 spiro atoms. The fourth-order valence-corrected chi connectivity index (χ4v) is 5.09. The maximum absolute atomic E-state index is 11.8. The number of fused-ring (bicyclic) bond motifs is 1. The number of carbonyl (C=O) groups is 2. The van der Waals surface area contributed by atoms with Gasteiger partial charge in [0.2, 0.25) is 0 Å². The molecule has 1 aromatic carbocycles. The number of rotatable bonds is 5. The van der Waals surface area contributed by atoms with Crippen molar-refractivity contribution in [2.45, 2.75) is 45.3 Å². The van der Waals surface area contributed by atoms with E-state index in [1.807, 2.05) is 25.3 Å². The first-order chi connectivity index (χ1) is 15.9. The quantitative estimate of drug-likeness (QED) is 0.702. The number of ether oxygens (including phenoxy) is 2. The molecule has 3 aliphatic heterocycles. The average Bonchev–Trinajstić information content (AvgIpc) is 3.37. The third kappa shape index (κ3) is 4.07. The summed E-state index contributed by atoms with van der Waals surface area (Å²) in [5, 5.41) is 10.9. The maximum atomic E-state index is 11.8. The van der Waals surface area contributed by atoms with Crippen molar-refractivity contribution in [2.75, 3.05) is 26.2 Å². The van der Waals surface area contributed by atoms with Crippen LogP contribution in [0.5, 0.6) is 0 Å². The van der Waals surface area contributed by atoms with Gasteiger partial charge in [-0.3, -0.25) is 4.98 Å². The Kier molecular flexibility index (Phi) is 5.76. The van der Waals surface area contributed by atoms with Gasteiger partial charge in [0, 0.05) is 41.1 Å². The van der Waals surface area contributed by atoms with E-state index in [0.717, 1.165) is 59.5 Å². The molecule has 7 heteroatoms. The monoisotopic (exact) mass is 448 g/mol. The number of piperidine rings is 1. The van der Waals surface area contributed by atoms with Crippen LogP contribution in [0.2, 0.25) is 0 Å². The summed E-state index contributed by atoms with van der Waals surface area (Å²) in [6, 6.07) is 7.71. The van der Waals surface area contributed by atoms with E-state index >= 15 is 0 Å². The number of nitrogens with zero attached hydrogens (tertiary/aromatic N) is 2. The van der Waals surface area contributed by atoms with Gasteiger partial charge in [0.05, 0.1) is 11.7 Å². The molecule has 4 heterocycles. The van der Waals surface area contributed by atoms with Crippen LogP contribution in [0.3, 0.4) is 0 Å². The molecule has 1 saturated heterocycles. The van der Waals surface area contributed by atoms with Crippen LogP contribution in [0.15, 0.2) is 36.0 Å². The topological polar surface area (TPSA) is 89.0 Å². The Hall–Kier alpha value is -3.03. The summed E-state index contributed by atoms with van der Waals surface area (Å²) in [6.45, 7) is 6.70. The molecular formula is C26H28N2O5. The van der Waals surface area contributed by atoms with Crippen molar-refractivity contribution in [3.63, 3.8) is 0 Å². The van der Waals surface area contributed by atoms with E-state index in [2.05, 4.69) is 16.0 Å². The van der Waals surface area contributed by atoms with Crippen molar-refractivity contribution in [1.29, 1.82) is 0 Å². The minimum atomic E-state index is -0.604. The van der Waals surface area contributed by atoms with Crippen LogP contribution < -0.4 is 0 Å². The second-order valence-corrected chi connectivity index (χ2v) is 9.12. The molecule has 1 N–H and O–H groups in total. The zero-order valence-corrected chi connectivity index (χ0v) is 19.0. The van der Waals surface area contributed by atoms with Gasteiger partial charge < -0.3 is 19.5 Å². The molecule has 3 aliphatic rings. The molecule has 0 unspecified atom stereocenters. The SMILES string of the molecule is CC1=C(c2ccc(C3CCN(C[C@H](O)c4ccc5c(c4C)COC5=O)CC3)nc2)COC1=O. The third-order valence-corrected chi connectivity index (χ3v) is 7.25. The van der Waals surface area contributed by atoms with Gasteiger partial charge in [0.1, 0.15) is 13.2 Å². The minimum absolute atomic E-state index is 0.249. The number of likely N-dealkylation sites (tertiary alicyclic amines) is 1. The predicted octanol–water partition coefficient (Wildman–Crippen LogP) is 3.30. The van der Waals surface area contributed by atoms with Crippen molar-refractivity contribution in [3.05, 3.63) is 69.5 Å². The zero-order chi connectivity index (χ0) is 23.1. The lowest BCUT2D eigenvalue weighted by atomic mass is 9.91. The van der Waals surface area contributed by atoms with Gasteiger partial charge in [0.25, 0.3) is 0 Å². The average molecular weight is 449 g/mol. The lowest BCUT2D eigenvalue weighted by molar-refractivity contribution is -0.135. The normalized spacial score (nSPS) is 20.1. The highest BCUT2D eigenvalue weighted by molar-refractivity contribution is 6.01. The number of pyridine rings is 1. The molecule has 1 aromatic heterocycles. The lowest BCUT2D eigenvalue weighted by Gasteiger charge is -2.33. The highest BCUT2D eigenvalue weighted by Gasteiger charge is 2.28. The molecule has 0 amide bonds. The number of aromatic nitrogens is 1. The molecule has 0 radical (unpaired) electrons. The molecule has 1 atom stereocenters. The van der Waals surface area contributed by atoms with Crippen molar-refractivity contribution in [2.24, 2.45) is 0 Å². The molecule has 172 valence electrons. The van der Waals surface area contributed by atoms with E-state index in [1.54, 1.807) is 13.0 Å². The lowest BCUT2D eigenvalue weighted by Crippen LogP contribution is -2.36. The third-order valence-electron chi connectivity index (χ3n) is 7.25. The summed E-state index contributed by atoms with van der Waals surface area (Å²) in [5.74, 6) is -0.149. The second kappa shape index (κ2) is 8.72. The first-order valence-electron chi connectivity index (χ1n) is 11.5. The van der Waals surface area contributed by atoms with Gasteiger partial charge in [-0.05, 0) is 68.6 Å². The molecule has 2 aromatic rings. The Morgan fingerprint density at radius 2 is 1.82 bits per heavy atom. The molecule has 33 heavy (non-hydrogen) atoms. The summed E-state index contributed by atoms with van der Waals surface area (Å²) < 4.78 is 10.2. The van der Waals surface area contributed by atoms with Crippen molar-refractivity contribution in [3.8, 4) is 0 Å². The van der Waals surface area contributed by atoms with Crippen LogP contribution in [0.4, 0.5) is 0 Å². The van der Waals surface area contributed by atoms with Gasteiger partial charge in [0.15, 0.2) is 0 Å². The summed E-state index contributed by atoms with van der Waals surface area (Å²) in [5.41, 5.74) is 6.91. The van der Waals surface area contributed by atoms with Crippen LogP contribution in [-0.4, -0.2) is 53.2 Å². The number of hydrogen-bond donors (Lipinski definition) is 1. The van der Waals surface area contributed by atoms with Gasteiger partial charge in [-0.25, -0.2) is 9.59 Å². The number of aliphatic hydroxyl groups is 1. The summed E-state index contributed by atoms with van der Waals surface area (Å²) in [7, 11) is 0. The standard InChI is InChI=1S/C26H28N2O5/c1-15-19(4-5-20-22(15)14-33-26(20)31)24(29)12-28-9-7-17(8-10-28)23-6-3-18(11-27-23)21-13-32-25(30)16(21)2/h3-6,11,17,24,29H,7-10,12-14H2,1-2H3/t24-/m0/s1. The Morgan fingerprint density at radius 3 is 2.48 bits per heavy atom. The number of cyclic esters (lactones) is 2. The first-order valence-corrected chi connectivity index (χ1v) is 11.5. The Morgan fingerprint density at radius 1 is 1.06 bits per heavy atom. The first kappa shape index (κ1) is 21.8. The molecule has 0 saturated carbocycles. The van der Waals surface area contributed by atoms with E-state index < -0.39 is 6.10 Å². The van der Waals surface area contributed by atoms with E-state index in [9.17, 15) is 14.7 Å². The van der Waals surface area contributed by atoms with Gasteiger partial charge >= 0.3 is 11.9 Å². The highest BCUT2D eigenvalue weighted by atomic mass is 16.5. The van der Waals surface area contributed by atoms with Crippen LogP contribution in [0.1, 0.15) is 70.1 Å². The van der Waals surface area contributed by atoms with Gasteiger partial charge in [-0.2, -0.15) is 0 Å². The molecule has 7 nitrogen and oxygen atoms in total. The smallest absolute Gasteiger partial charge is 0.338 e. The van der Waals surface area contributed by atoms with Gasteiger partial charge in [-0.15, -0.1) is 0 Å². The molecule has 0 bridgehead atoms. The highest BCUT2D eigenvalue weighted by Crippen LogP contribution is 2.32. The summed E-state index contributed by atoms with van der Waals surface area (Å²) in [6.07, 6.45) is 3.20. The fourth-order valence-electron chi connectivity index (χ4n) is 5.09. The van der Waals surface area contributed by atoms with Crippen LogP contribution in [-0.2, 0) is 20.9 Å². The Balaban J connectivity index is 1.19. The molecule has 1 fully saturated rings. The van der Waals surface area contributed by atoms with Crippen molar-refractivity contribution in [1.82, 2.24) is 9.88 Å². The molecular weight excluding hydrogens is 420 g/mol. The largest absolute Gasteiger partial charge is 0.457 e. The minimum Gasteiger partial charge on any atom is -0.457 e. The van der Waals surface area contributed by atoms with Crippen LogP contribution >= 0.6 is 0 Å². The molecule has 0 aliphatic carbocycles. The summed E-state index contributed by atoms with van der Waals surface area (Å²) >= 11 is 0. The molecule has 5 rings (SSSR count). The van der Waals surface area contributed by atoms with E-state index in [0.29, 0.717) is 30.2 Å². The Bertz CT molecular complexity index is 1130. The van der Waals surface area contributed by atoms with Crippen molar-refractivity contribution < 1.29 is 24.2 Å². The van der Waals surface area contributed by atoms with E-state index in [1.165, 1.54) is 0 Å². The number of benzene rings is 1. The number of esters is 2. The fraction of sp³-hybridized carbons (Fsp3) is 0.423. The van der Waals surface area contributed by atoms with E-state index in [4.69, 9.17) is 9.47 Å². The zero-order valence-electron chi connectivity index (χ0n) is 19.0. The summed E-state index contributed by atoms with van der Waals surface area (Å²) in [4.78, 5) is 30.3. The number of β-amino-alcohol motifs (C(OH)–C–C–N with tert-alkyl or cyclic N) is 1. The van der Waals surface area contributed by atoms with E-state index in [-0.39, 0.29) is 18.5 Å². The Labute approximate surface area is 193 Å². The predicted molar refractivity (Wildman–Crippen MR) is 121 cm³/mol. The van der Waals surface area contributed by atoms with Gasteiger partial charge in [-0.1, -0.05) is 12.1 Å².